The van der Waals surface area contributed by atoms with Crippen LogP contribution in [0.5, 0.6) is 0 Å². The smallest absolute Gasteiger partial charge is 0.305 e. The zero-order valence-corrected chi connectivity index (χ0v) is 17.1. The van der Waals surface area contributed by atoms with E-state index in [1.54, 1.807) is 32.0 Å². The third-order valence-electron chi connectivity index (χ3n) is 3.90. The van der Waals surface area contributed by atoms with Gasteiger partial charge in [0.2, 0.25) is 5.91 Å². The van der Waals surface area contributed by atoms with E-state index in [-0.39, 0.29) is 11.6 Å². The molecule has 11 heteroatoms. The molecule has 0 aliphatic rings. The van der Waals surface area contributed by atoms with Gasteiger partial charge in [0.25, 0.3) is 5.91 Å². The molecule has 1 unspecified atom stereocenters. The predicted molar refractivity (Wildman–Crippen MR) is 107 cm³/mol. The van der Waals surface area contributed by atoms with E-state index in [0.717, 1.165) is 5.56 Å². The third-order valence-corrected chi connectivity index (χ3v) is 3.90. The zero-order valence-electron chi connectivity index (χ0n) is 17.1. The molecule has 0 saturated carbocycles. The summed E-state index contributed by atoms with van der Waals surface area (Å²) < 4.78 is 54.8. The Kier molecular flexibility index (Phi) is 10.0. The van der Waals surface area contributed by atoms with Gasteiger partial charge in [-0.15, -0.1) is 0 Å². The molecule has 0 bridgehead atoms. The molecule has 2 aromatic carbocycles. The van der Waals surface area contributed by atoms with Crippen LogP contribution in [-0.2, 0) is 9.59 Å². The molecule has 32 heavy (non-hydrogen) atoms. The number of benzene rings is 2. The van der Waals surface area contributed by atoms with E-state index in [1.165, 1.54) is 12.3 Å². The largest absolute Gasteiger partial charge is 0.481 e. The number of aryl methyl sites for hydroxylation is 1. The molecule has 0 aliphatic heterocycles. The van der Waals surface area contributed by atoms with Crippen molar-refractivity contribution in [1.29, 1.82) is 5.41 Å². The Bertz CT molecular complexity index is 989. The molecule has 0 aliphatic carbocycles. The molecular weight excluding hydrogens is 434 g/mol. The first kappa shape index (κ1) is 26.3. The number of nitrogens with one attached hydrogen (secondary N) is 3. The number of rotatable bonds is 7. The van der Waals surface area contributed by atoms with Crippen LogP contribution >= 0.6 is 0 Å². The van der Waals surface area contributed by atoms with Crippen molar-refractivity contribution in [3.8, 4) is 0 Å². The first-order valence-corrected chi connectivity index (χ1v) is 9.15. The Morgan fingerprint density at radius 3 is 2.16 bits per heavy atom. The molecule has 0 aromatic heterocycles. The Hall–Kier alpha value is -3.76. The van der Waals surface area contributed by atoms with Gasteiger partial charge in [-0.3, -0.25) is 14.4 Å². The first-order chi connectivity index (χ1) is 15.0. The zero-order chi connectivity index (χ0) is 24.4. The fraction of sp³-hybridized carbons (Fsp3) is 0.238. The van der Waals surface area contributed by atoms with Crippen LogP contribution in [0.25, 0.3) is 0 Å². The normalized spacial score (nSPS) is 10.9. The maximum atomic E-state index is 14.0. The number of amides is 2. The van der Waals surface area contributed by atoms with Gasteiger partial charge in [-0.2, -0.15) is 0 Å². The highest BCUT2D eigenvalue weighted by Gasteiger charge is 2.29. The lowest BCUT2D eigenvalue weighted by Gasteiger charge is -2.19. The van der Waals surface area contributed by atoms with Crippen LogP contribution in [-0.4, -0.2) is 35.6 Å². The van der Waals surface area contributed by atoms with Crippen LogP contribution in [0, 0.1) is 35.6 Å². The van der Waals surface area contributed by atoms with Crippen LogP contribution < -0.4 is 10.6 Å². The summed E-state index contributed by atoms with van der Waals surface area (Å²) in [7, 11) is 0. The van der Waals surface area contributed by atoms with Gasteiger partial charge in [-0.05, 0) is 32.2 Å². The van der Waals surface area contributed by atoms with E-state index >= 15 is 0 Å². The molecule has 2 amide bonds. The molecule has 0 spiro atoms. The number of carboxylic acids is 1. The summed E-state index contributed by atoms with van der Waals surface area (Å²) in [5.74, 6) is -10.3. The molecule has 2 rings (SSSR count). The lowest BCUT2D eigenvalue weighted by molar-refractivity contribution is -0.137. The summed E-state index contributed by atoms with van der Waals surface area (Å²) in [6.45, 7) is 2.76. The molecule has 172 valence electrons. The van der Waals surface area contributed by atoms with E-state index in [0.29, 0.717) is 0 Å². The monoisotopic (exact) mass is 455 g/mol. The molecule has 4 N–H and O–H groups in total. The van der Waals surface area contributed by atoms with Crippen LogP contribution in [0.4, 0.5) is 17.6 Å². The molecule has 2 aromatic rings. The lowest BCUT2D eigenvalue weighted by Crippen LogP contribution is -2.40. The molecule has 0 heterocycles. The SMILES string of the molecule is CC=N.Cc1cccc(C(=O)NCC(=O)NC(CC(=O)O)c2c(F)c(F)cc(F)c2F)c1. The Morgan fingerprint density at radius 1 is 1.09 bits per heavy atom. The molecule has 0 radical (unpaired) electrons. The second-order valence-electron chi connectivity index (χ2n) is 6.44. The summed E-state index contributed by atoms with van der Waals surface area (Å²) >= 11 is 0. The maximum absolute atomic E-state index is 14.0. The second-order valence-corrected chi connectivity index (χ2v) is 6.44. The topological polar surface area (TPSA) is 119 Å². The number of carboxylic acid groups (broad SMARTS) is 1. The summed E-state index contributed by atoms with van der Waals surface area (Å²) in [5, 5.41) is 19.2. The van der Waals surface area contributed by atoms with Crippen molar-refractivity contribution in [1.82, 2.24) is 10.6 Å². The lowest BCUT2D eigenvalue weighted by atomic mass is 10.0. The number of carbonyl (C=O) groups is 3. The van der Waals surface area contributed by atoms with E-state index in [4.69, 9.17) is 10.5 Å². The molecule has 0 saturated heterocycles. The standard InChI is InChI=1S/C19H16F4N2O4.C2H5N/c1-9-3-2-4-10(5-9)19(29)24-8-14(26)25-13(7-15(27)28)16-17(22)11(20)6-12(21)18(16)23;1-2-3/h2-6,13H,7-8H2,1H3,(H,24,29)(H,25,26)(H,27,28);2-3H,1H3. The van der Waals surface area contributed by atoms with Crippen LogP contribution in [0.3, 0.4) is 0 Å². The van der Waals surface area contributed by atoms with Crippen molar-refractivity contribution in [2.24, 2.45) is 0 Å². The fourth-order valence-corrected chi connectivity index (χ4v) is 2.59. The summed E-state index contributed by atoms with van der Waals surface area (Å²) in [5.41, 5.74) is -0.213. The van der Waals surface area contributed by atoms with E-state index in [9.17, 15) is 31.9 Å². The van der Waals surface area contributed by atoms with Crippen LogP contribution in [0.2, 0.25) is 0 Å². The fourth-order valence-electron chi connectivity index (χ4n) is 2.59. The summed E-state index contributed by atoms with van der Waals surface area (Å²) in [4.78, 5) is 35.1. The van der Waals surface area contributed by atoms with Crippen molar-refractivity contribution in [3.05, 3.63) is 70.3 Å². The Balaban J connectivity index is 0.00000161. The number of carbonyl (C=O) groups excluding carboxylic acids is 2. The molecule has 1 atom stereocenters. The van der Waals surface area contributed by atoms with Crippen molar-refractivity contribution in [2.45, 2.75) is 26.3 Å². The quantitative estimate of drug-likeness (QED) is 0.291. The molecule has 0 fully saturated rings. The van der Waals surface area contributed by atoms with Crippen molar-refractivity contribution in [2.75, 3.05) is 6.54 Å². The summed E-state index contributed by atoms with van der Waals surface area (Å²) in [6, 6.07) is 4.49. The number of aliphatic carboxylic acids is 1. The van der Waals surface area contributed by atoms with Gasteiger partial charge in [-0.1, -0.05) is 17.7 Å². The summed E-state index contributed by atoms with van der Waals surface area (Å²) in [6.07, 6.45) is 0.203. The van der Waals surface area contributed by atoms with Crippen LogP contribution in [0.1, 0.15) is 40.9 Å². The molecule has 7 nitrogen and oxygen atoms in total. The average molecular weight is 455 g/mol. The van der Waals surface area contributed by atoms with Gasteiger partial charge < -0.3 is 21.1 Å². The maximum Gasteiger partial charge on any atom is 0.305 e. The third kappa shape index (κ3) is 7.49. The second kappa shape index (κ2) is 12.2. The van der Waals surface area contributed by atoms with E-state index < -0.39 is 65.6 Å². The van der Waals surface area contributed by atoms with Gasteiger partial charge >= 0.3 is 5.97 Å². The van der Waals surface area contributed by atoms with Gasteiger partial charge in [0.1, 0.15) is 0 Å². The number of hydrogen-bond acceptors (Lipinski definition) is 4. The van der Waals surface area contributed by atoms with E-state index in [1.807, 2.05) is 5.32 Å². The minimum Gasteiger partial charge on any atom is -0.481 e. The minimum absolute atomic E-state index is 0.0319. The van der Waals surface area contributed by atoms with E-state index in [2.05, 4.69) is 5.32 Å². The number of hydrogen-bond donors (Lipinski definition) is 4. The highest BCUT2D eigenvalue weighted by Crippen LogP contribution is 2.27. The first-order valence-electron chi connectivity index (χ1n) is 9.15. The van der Waals surface area contributed by atoms with Crippen molar-refractivity contribution in [3.63, 3.8) is 0 Å². The highest BCUT2D eigenvalue weighted by molar-refractivity contribution is 5.96. The van der Waals surface area contributed by atoms with Crippen molar-refractivity contribution >= 4 is 24.0 Å². The highest BCUT2D eigenvalue weighted by atomic mass is 19.2. The van der Waals surface area contributed by atoms with Gasteiger partial charge in [0.15, 0.2) is 23.3 Å². The predicted octanol–water partition coefficient (Wildman–Crippen LogP) is 3.27. The van der Waals surface area contributed by atoms with Gasteiger partial charge in [0, 0.05) is 11.6 Å². The van der Waals surface area contributed by atoms with Gasteiger partial charge in [0.05, 0.1) is 24.6 Å². The van der Waals surface area contributed by atoms with Crippen molar-refractivity contribution < 1.29 is 37.1 Å². The minimum atomic E-state index is -1.90. The number of halogens is 4. The van der Waals surface area contributed by atoms with Gasteiger partial charge in [-0.25, -0.2) is 17.6 Å². The molecular formula is C21H21F4N3O4. The Labute approximate surface area is 181 Å². The average Bonchev–Trinajstić information content (AvgIpc) is 2.71. The van der Waals surface area contributed by atoms with Crippen LogP contribution in [0.15, 0.2) is 30.3 Å². The Morgan fingerprint density at radius 2 is 1.66 bits per heavy atom.